The lowest BCUT2D eigenvalue weighted by Crippen LogP contribution is -2.24. The Labute approximate surface area is 114 Å². The molecule has 4 heteroatoms. The van der Waals surface area contributed by atoms with Gasteiger partial charge < -0.3 is 19.9 Å². The van der Waals surface area contributed by atoms with Crippen LogP contribution in [0.2, 0.25) is 0 Å². The number of para-hydroxylation sites is 1. The molecule has 0 heterocycles. The predicted octanol–water partition coefficient (Wildman–Crippen LogP) is 1.71. The van der Waals surface area contributed by atoms with Crippen LogP contribution in [0.5, 0.6) is 5.75 Å². The molecule has 2 N–H and O–H groups in total. The maximum atomic E-state index is 9.69. The van der Waals surface area contributed by atoms with Crippen molar-refractivity contribution in [3.63, 3.8) is 0 Å². The van der Waals surface area contributed by atoms with Gasteiger partial charge in [-0.3, -0.25) is 0 Å². The molecule has 1 aromatic rings. The molecule has 1 aliphatic carbocycles. The van der Waals surface area contributed by atoms with E-state index in [2.05, 4.69) is 11.4 Å². The van der Waals surface area contributed by atoms with Gasteiger partial charge in [0.1, 0.15) is 18.5 Å². The molecule has 1 aromatic carbocycles. The van der Waals surface area contributed by atoms with Gasteiger partial charge in [-0.1, -0.05) is 18.2 Å². The van der Waals surface area contributed by atoms with Crippen molar-refractivity contribution in [2.75, 3.05) is 19.8 Å². The predicted molar refractivity (Wildman–Crippen MR) is 74.3 cm³/mol. The first-order chi connectivity index (χ1) is 9.29. The Balaban J connectivity index is 1.80. The summed E-state index contributed by atoms with van der Waals surface area (Å²) in [5, 5.41) is 13.2. The van der Waals surface area contributed by atoms with E-state index in [1.54, 1.807) is 0 Å². The van der Waals surface area contributed by atoms with Crippen LogP contribution < -0.4 is 10.1 Å². The molecule has 19 heavy (non-hydrogen) atoms. The van der Waals surface area contributed by atoms with Crippen LogP contribution in [0.15, 0.2) is 24.3 Å². The van der Waals surface area contributed by atoms with Gasteiger partial charge in [0, 0.05) is 24.8 Å². The smallest absolute Gasteiger partial charge is 0.123 e. The third-order valence-corrected chi connectivity index (χ3v) is 3.08. The normalized spacial score (nSPS) is 16.3. The second-order valence-electron chi connectivity index (χ2n) is 4.89. The van der Waals surface area contributed by atoms with Crippen molar-refractivity contribution >= 4 is 0 Å². The monoisotopic (exact) mass is 265 g/mol. The SMILES string of the molecule is CCOCC(O)COc1ccccc1CNC1CC1. The zero-order valence-electron chi connectivity index (χ0n) is 11.5. The van der Waals surface area contributed by atoms with E-state index in [9.17, 15) is 5.11 Å². The van der Waals surface area contributed by atoms with Crippen molar-refractivity contribution in [2.45, 2.75) is 38.5 Å². The molecule has 4 nitrogen and oxygen atoms in total. The average molecular weight is 265 g/mol. The van der Waals surface area contributed by atoms with Gasteiger partial charge in [0.15, 0.2) is 0 Å². The number of aliphatic hydroxyl groups excluding tert-OH is 1. The quantitative estimate of drug-likeness (QED) is 0.714. The first-order valence-corrected chi connectivity index (χ1v) is 6.99. The molecule has 1 saturated carbocycles. The number of nitrogens with one attached hydrogen (secondary N) is 1. The Hall–Kier alpha value is -1.10. The van der Waals surface area contributed by atoms with Gasteiger partial charge in [-0.15, -0.1) is 0 Å². The molecule has 0 bridgehead atoms. The second kappa shape index (κ2) is 7.48. The van der Waals surface area contributed by atoms with E-state index in [1.807, 2.05) is 25.1 Å². The minimum Gasteiger partial charge on any atom is -0.490 e. The summed E-state index contributed by atoms with van der Waals surface area (Å²) in [6.07, 6.45) is 1.97. The number of hydrogen-bond donors (Lipinski definition) is 2. The molecule has 2 rings (SSSR count). The van der Waals surface area contributed by atoms with E-state index in [0.717, 1.165) is 17.9 Å². The standard InChI is InChI=1S/C15H23NO3/c1-2-18-10-14(17)11-19-15-6-4-3-5-12(15)9-16-13-7-8-13/h3-6,13-14,16-17H,2,7-11H2,1H3. The molecule has 0 radical (unpaired) electrons. The van der Waals surface area contributed by atoms with Crippen LogP contribution in [0.4, 0.5) is 0 Å². The first-order valence-electron chi connectivity index (χ1n) is 6.99. The molecule has 0 aromatic heterocycles. The molecule has 0 aliphatic heterocycles. The lowest BCUT2D eigenvalue weighted by atomic mass is 10.2. The Kier molecular flexibility index (Phi) is 5.63. The summed E-state index contributed by atoms with van der Waals surface area (Å²) in [7, 11) is 0. The Morgan fingerprint density at radius 3 is 2.84 bits per heavy atom. The minimum absolute atomic E-state index is 0.264. The van der Waals surface area contributed by atoms with Gasteiger partial charge in [-0.25, -0.2) is 0 Å². The molecular weight excluding hydrogens is 242 g/mol. The summed E-state index contributed by atoms with van der Waals surface area (Å²) in [6.45, 7) is 3.92. The van der Waals surface area contributed by atoms with E-state index in [0.29, 0.717) is 19.3 Å². The van der Waals surface area contributed by atoms with E-state index < -0.39 is 6.10 Å². The van der Waals surface area contributed by atoms with Crippen LogP contribution in [0, 0.1) is 0 Å². The van der Waals surface area contributed by atoms with Gasteiger partial charge in [0.2, 0.25) is 0 Å². The lowest BCUT2D eigenvalue weighted by Gasteiger charge is -2.15. The molecule has 106 valence electrons. The summed E-state index contributed by atoms with van der Waals surface area (Å²) < 4.78 is 10.8. The van der Waals surface area contributed by atoms with E-state index in [-0.39, 0.29) is 6.61 Å². The molecule has 1 fully saturated rings. The molecule has 1 aliphatic rings. The average Bonchev–Trinajstić information content (AvgIpc) is 3.25. The molecular formula is C15H23NO3. The van der Waals surface area contributed by atoms with Gasteiger partial charge >= 0.3 is 0 Å². The summed E-state index contributed by atoms with van der Waals surface area (Å²) >= 11 is 0. The van der Waals surface area contributed by atoms with Crippen LogP contribution in [0.1, 0.15) is 25.3 Å². The maximum Gasteiger partial charge on any atom is 0.123 e. The molecule has 0 spiro atoms. The van der Waals surface area contributed by atoms with Crippen LogP contribution in [-0.4, -0.2) is 37.1 Å². The molecule has 1 unspecified atom stereocenters. The largest absolute Gasteiger partial charge is 0.490 e. The highest BCUT2D eigenvalue weighted by Crippen LogP contribution is 2.22. The number of benzene rings is 1. The van der Waals surface area contributed by atoms with Crippen molar-refractivity contribution in [3.05, 3.63) is 29.8 Å². The Bertz CT molecular complexity index is 379. The highest BCUT2D eigenvalue weighted by Gasteiger charge is 2.20. The van der Waals surface area contributed by atoms with Crippen LogP contribution >= 0.6 is 0 Å². The highest BCUT2D eigenvalue weighted by atomic mass is 16.5. The summed E-state index contributed by atoms with van der Waals surface area (Å²) in [5.41, 5.74) is 1.14. The summed E-state index contributed by atoms with van der Waals surface area (Å²) in [5.74, 6) is 0.839. The maximum absolute atomic E-state index is 9.69. The fraction of sp³-hybridized carbons (Fsp3) is 0.600. The number of hydrogen-bond acceptors (Lipinski definition) is 4. The zero-order chi connectivity index (χ0) is 13.5. The molecule has 0 amide bonds. The van der Waals surface area contributed by atoms with Gasteiger partial charge in [-0.05, 0) is 25.8 Å². The van der Waals surface area contributed by atoms with Crippen LogP contribution in [0.3, 0.4) is 0 Å². The first kappa shape index (κ1) is 14.3. The van der Waals surface area contributed by atoms with Gasteiger partial charge in [0.05, 0.1) is 6.61 Å². The zero-order valence-corrected chi connectivity index (χ0v) is 11.5. The minimum atomic E-state index is -0.579. The third kappa shape index (κ3) is 5.19. The topological polar surface area (TPSA) is 50.7 Å². The number of aliphatic hydroxyl groups is 1. The van der Waals surface area contributed by atoms with Gasteiger partial charge in [0.25, 0.3) is 0 Å². The highest BCUT2D eigenvalue weighted by molar-refractivity contribution is 5.33. The molecule has 0 saturated heterocycles. The molecule has 1 atom stereocenters. The van der Waals surface area contributed by atoms with Crippen LogP contribution in [-0.2, 0) is 11.3 Å². The fourth-order valence-electron chi connectivity index (χ4n) is 1.82. The van der Waals surface area contributed by atoms with Crippen molar-refractivity contribution in [3.8, 4) is 5.75 Å². The van der Waals surface area contributed by atoms with E-state index in [1.165, 1.54) is 12.8 Å². The Morgan fingerprint density at radius 1 is 1.32 bits per heavy atom. The number of ether oxygens (including phenoxy) is 2. The van der Waals surface area contributed by atoms with Crippen molar-refractivity contribution in [1.82, 2.24) is 5.32 Å². The van der Waals surface area contributed by atoms with Gasteiger partial charge in [-0.2, -0.15) is 0 Å². The van der Waals surface area contributed by atoms with Crippen molar-refractivity contribution in [1.29, 1.82) is 0 Å². The van der Waals surface area contributed by atoms with Crippen molar-refractivity contribution < 1.29 is 14.6 Å². The van der Waals surface area contributed by atoms with Crippen molar-refractivity contribution in [2.24, 2.45) is 0 Å². The second-order valence-corrected chi connectivity index (χ2v) is 4.89. The summed E-state index contributed by atoms with van der Waals surface area (Å²) in [4.78, 5) is 0. The van der Waals surface area contributed by atoms with Crippen LogP contribution in [0.25, 0.3) is 0 Å². The lowest BCUT2D eigenvalue weighted by molar-refractivity contribution is 0.0162. The third-order valence-electron chi connectivity index (χ3n) is 3.08. The fourth-order valence-corrected chi connectivity index (χ4v) is 1.82. The number of rotatable bonds is 9. The summed E-state index contributed by atoms with van der Waals surface area (Å²) in [6, 6.07) is 8.63. The van der Waals surface area contributed by atoms with E-state index in [4.69, 9.17) is 9.47 Å². The Morgan fingerprint density at radius 2 is 2.11 bits per heavy atom. The van der Waals surface area contributed by atoms with E-state index >= 15 is 0 Å².